The van der Waals surface area contributed by atoms with Crippen LogP contribution < -0.4 is 14.5 Å². The van der Waals surface area contributed by atoms with Crippen LogP contribution in [0.15, 0.2) is 36.8 Å². The summed E-state index contributed by atoms with van der Waals surface area (Å²) in [7, 11) is -3.32. The SMILES string of the molecule is CCCS(=O)(=O)Nc1cnc(N2CCN(c3ccccn3)CC2)nc1. The van der Waals surface area contributed by atoms with Crippen molar-refractivity contribution in [1.82, 2.24) is 15.0 Å². The van der Waals surface area contributed by atoms with Crippen molar-refractivity contribution in [2.75, 3.05) is 46.5 Å². The van der Waals surface area contributed by atoms with E-state index in [2.05, 4.69) is 29.5 Å². The molecule has 25 heavy (non-hydrogen) atoms. The minimum atomic E-state index is -3.32. The number of hydrogen-bond donors (Lipinski definition) is 1. The first-order chi connectivity index (χ1) is 12.1. The predicted molar refractivity (Wildman–Crippen MR) is 98.4 cm³/mol. The first-order valence-electron chi connectivity index (χ1n) is 8.31. The molecule has 0 aliphatic carbocycles. The van der Waals surface area contributed by atoms with Crippen molar-refractivity contribution in [3.05, 3.63) is 36.8 Å². The number of pyridine rings is 1. The standard InChI is InChI=1S/C16H22N6O2S/c1-2-11-25(23,24)20-14-12-18-16(19-13-14)22-9-7-21(8-10-22)15-5-3-4-6-17-15/h3-6,12-13,20H,2,7-11H2,1H3. The van der Waals surface area contributed by atoms with E-state index in [1.165, 1.54) is 12.4 Å². The van der Waals surface area contributed by atoms with E-state index in [0.717, 1.165) is 32.0 Å². The zero-order valence-corrected chi connectivity index (χ0v) is 15.0. The number of aromatic nitrogens is 3. The quantitative estimate of drug-likeness (QED) is 0.829. The summed E-state index contributed by atoms with van der Waals surface area (Å²) in [4.78, 5) is 17.3. The number of rotatable bonds is 6. The summed E-state index contributed by atoms with van der Waals surface area (Å²) in [6.07, 6.45) is 5.39. The Morgan fingerprint density at radius 2 is 1.72 bits per heavy atom. The summed E-state index contributed by atoms with van der Waals surface area (Å²) in [6, 6.07) is 5.89. The van der Waals surface area contributed by atoms with E-state index in [0.29, 0.717) is 18.1 Å². The molecule has 0 bridgehead atoms. The Hall–Kier alpha value is -2.42. The van der Waals surface area contributed by atoms with Gasteiger partial charge < -0.3 is 9.80 Å². The highest BCUT2D eigenvalue weighted by molar-refractivity contribution is 7.92. The highest BCUT2D eigenvalue weighted by atomic mass is 32.2. The number of hydrogen-bond acceptors (Lipinski definition) is 7. The molecule has 0 spiro atoms. The van der Waals surface area contributed by atoms with E-state index in [9.17, 15) is 8.42 Å². The molecule has 0 radical (unpaired) electrons. The number of anilines is 3. The smallest absolute Gasteiger partial charge is 0.232 e. The van der Waals surface area contributed by atoms with Gasteiger partial charge in [-0.25, -0.2) is 23.4 Å². The van der Waals surface area contributed by atoms with Gasteiger partial charge in [-0.3, -0.25) is 4.72 Å². The molecule has 8 nitrogen and oxygen atoms in total. The van der Waals surface area contributed by atoms with Crippen LogP contribution in [0.2, 0.25) is 0 Å². The van der Waals surface area contributed by atoms with Crippen molar-refractivity contribution in [3.63, 3.8) is 0 Å². The second-order valence-corrected chi connectivity index (χ2v) is 7.70. The Balaban J connectivity index is 1.59. The average molecular weight is 362 g/mol. The molecule has 3 rings (SSSR count). The predicted octanol–water partition coefficient (Wildman–Crippen LogP) is 1.35. The molecule has 1 aliphatic rings. The molecule has 134 valence electrons. The maximum Gasteiger partial charge on any atom is 0.232 e. The van der Waals surface area contributed by atoms with Gasteiger partial charge >= 0.3 is 0 Å². The Morgan fingerprint density at radius 1 is 1.04 bits per heavy atom. The van der Waals surface area contributed by atoms with E-state index in [1.807, 2.05) is 25.1 Å². The van der Waals surface area contributed by atoms with Gasteiger partial charge in [0.05, 0.1) is 23.8 Å². The van der Waals surface area contributed by atoms with Crippen LogP contribution in [0, 0.1) is 0 Å². The molecule has 1 fully saturated rings. The zero-order valence-electron chi connectivity index (χ0n) is 14.2. The molecule has 1 aliphatic heterocycles. The van der Waals surface area contributed by atoms with Gasteiger partial charge in [-0.15, -0.1) is 0 Å². The highest BCUT2D eigenvalue weighted by Gasteiger charge is 2.20. The lowest BCUT2D eigenvalue weighted by molar-refractivity contribution is 0.599. The molecular weight excluding hydrogens is 340 g/mol. The molecular formula is C16H22N6O2S. The van der Waals surface area contributed by atoms with Gasteiger partial charge in [0.2, 0.25) is 16.0 Å². The number of piperazine rings is 1. The summed E-state index contributed by atoms with van der Waals surface area (Å²) < 4.78 is 26.0. The topological polar surface area (TPSA) is 91.3 Å². The average Bonchev–Trinajstić information content (AvgIpc) is 2.63. The van der Waals surface area contributed by atoms with Crippen LogP contribution in [-0.2, 0) is 10.0 Å². The van der Waals surface area contributed by atoms with Gasteiger partial charge in [0.1, 0.15) is 5.82 Å². The van der Waals surface area contributed by atoms with Crippen LogP contribution in [-0.4, -0.2) is 55.3 Å². The zero-order chi connectivity index (χ0) is 17.7. The van der Waals surface area contributed by atoms with Gasteiger partial charge in [0, 0.05) is 32.4 Å². The third-order valence-corrected chi connectivity index (χ3v) is 5.41. The van der Waals surface area contributed by atoms with E-state index in [1.54, 1.807) is 6.20 Å². The molecule has 1 saturated heterocycles. The second kappa shape index (κ2) is 7.64. The van der Waals surface area contributed by atoms with Gasteiger partial charge in [-0.2, -0.15) is 0 Å². The van der Waals surface area contributed by atoms with E-state index in [4.69, 9.17) is 0 Å². The highest BCUT2D eigenvalue weighted by Crippen LogP contribution is 2.17. The monoisotopic (exact) mass is 362 g/mol. The molecule has 0 amide bonds. The lowest BCUT2D eigenvalue weighted by Crippen LogP contribution is -2.47. The summed E-state index contributed by atoms with van der Waals surface area (Å²) in [5.41, 5.74) is 0.393. The number of nitrogens with one attached hydrogen (secondary N) is 1. The fourth-order valence-electron chi connectivity index (χ4n) is 2.71. The lowest BCUT2D eigenvalue weighted by Gasteiger charge is -2.35. The normalized spacial score (nSPS) is 15.2. The lowest BCUT2D eigenvalue weighted by atomic mass is 10.3. The van der Waals surface area contributed by atoms with Crippen LogP contribution in [0.5, 0.6) is 0 Å². The van der Waals surface area contributed by atoms with E-state index in [-0.39, 0.29) is 5.75 Å². The molecule has 0 aromatic carbocycles. The third-order valence-electron chi connectivity index (χ3n) is 3.92. The first-order valence-corrected chi connectivity index (χ1v) is 9.96. The maximum absolute atomic E-state index is 11.8. The molecule has 3 heterocycles. The maximum atomic E-state index is 11.8. The van der Waals surface area contributed by atoms with Gasteiger partial charge in [0.15, 0.2) is 0 Å². The van der Waals surface area contributed by atoms with Gasteiger partial charge in [-0.1, -0.05) is 13.0 Å². The van der Waals surface area contributed by atoms with Crippen LogP contribution >= 0.6 is 0 Å². The summed E-state index contributed by atoms with van der Waals surface area (Å²) in [5, 5.41) is 0. The number of sulfonamides is 1. The van der Waals surface area contributed by atoms with E-state index < -0.39 is 10.0 Å². The van der Waals surface area contributed by atoms with Crippen molar-refractivity contribution < 1.29 is 8.42 Å². The Morgan fingerprint density at radius 3 is 2.32 bits per heavy atom. The summed E-state index contributed by atoms with van der Waals surface area (Å²) in [5.74, 6) is 1.67. The molecule has 0 unspecified atom stereocenters. The second-order valence-electron chi connectivity index (χ2n) is 5.85. The van der Waals surface area contributed by atoms with Crippen LogP contribution in [0.1, 0.15) is 13.3 Å². The summed E-state index contributed by atoms with van der Waals surface area (Å²) in [6.45, 7) is 5.08. The van der Waals surface area contributed by atoms with Gasteiger partial charge in [0.25, 0.3) is 0 Å². The van der Waals surface area contributed by atoms with Crippen LogP contribution in [0.4, 0.5) is 17.5 Å². The Labute approximate surface area is 148 Å². The summed E-state index contributed by atoms with van der Waals surface area (Å²) >= 11 is 0. The van der Waals surface area contributed by atoms with E-state index >= 15 is 0 Å². The van der Waals surface area contributed by atoms with Crippen molar-refractivity contribution in [2.24, 2.45) is 0 Å². The minimum absolute atomic E-state index is 0.0875. The number of nitrogens with zero attached hydrogens (tertiary/aromatic N) is 5. The third kappa shape index (κ3) is 4.56. The van der Waals surface area contributed by atoms with Crippen molar-refractivity contribution in [1.29, 1.82) is 0 Å². The van der Waals surface area contributed by atoms with Gasteiger partial charge in [-0.05, 0) is 18.6 Å². The fraction of sp³-hybridized carbons (Fsp3) is 0.438. The molecule has 2 aromatic rings. The molecule has 0 atom stereocenters. The minimum Gasteiger partial charge on any atom is -0.353 e. The first kappa shape index (κ1) is 17.4. The van der Waals surface area contributed by atoms with Crippen molar-refractivity contribution >= 4 is 27.5 Å². The van der Waals surface area contributed by atoms with Crippen LogP contribution in [0.25, 0.3) is 0 Å². The van der Waals surface area contributed by atoms with Crippen LogP contribution in [0.3, 0.4) is 0 Å². The fourth-order valence-corrected chi connectivity index (χ4v) is 3.82. The molecule has 2 aromatic heterocycles. The van der Waals surface area contributed by atoms with Crippen molar-refractivity contribution in [2.45, 2.75) is 13.3 Å². The molecule has 9 heteroatoms. The Bertz CT molecular complexity index is 774. The largest absolute Gasteiger partial charge is 0.353 e. The molecule has 1 N–H and O–H groups in total. The van der Waals surface area contributed by atoms with Crippen molar-refractivity contribution in [3.8, 4) is 0 Å². The molecule has 0 saturated carbocycles. The Kier molecular flexibility index (Phi) is 5.32.